The van der Waals surface area contributed by atoms with Gasteiger partial charge in [-0.3, -0.25) is 4.79 Å². The summed E-state index contributed by atoms with van der Waals surface area (Å²) in [6.07, 6.45) is 3.40. The normalized spacial score (nSPS) is 12.2. The average molecular weight is 275 g/mol. The van der Waals surface area contributed by atoms with E-state index in [1.807, 2.05) is 0 Å². The predicted molar refractivity (Wildman–Crippen MR) is 70.7 cm³/mol. The Hall–Kier alpha value is -0.800. The Balaban J connectivity index is 2.28. The molecule has 0 aromatic carbocycles. The van der Waals surface area contributed by atoms with E-state index in [1.54, 1.807) is 12.1 Å². The summed E-state index contributed by atoms with van der Waals surface area (Å²) in [6, 6.07) is 3.26. The fraction of sp³-hybridized carbons (Fsp3) is 0.500. The number of amides is 1. The average Bonchev–Trinajstić information content (AvgIpc) is 2.34. The maximum absolute atomic E-state index is 11.6. The van der Waals surface area contributed by atoms with Gasteiger partial charge in [0.2, 0.25) is 0 Å². The van der Waals surface area contributed by atoms with Crippen LogP contribution in [0.2, 0.25) is 5.02 Å². The van der Waals surface area contributed by atoms with E-state index in [9.17, 15) is 4.79 Å². The Kier molecular flexibility index (Phi) is 6.30. The standard InChI is InChI=1S/C12H16Cl2N2O/c1-9(7-13)3-2-6-15-12(17)11-5-4-10(14)8-16-11/h4-5,8-9H,2-3,6-7H2,1H3,(H,15,17). The first-order valence-corrected chi connectivity index (χ1v) is 6.50. The molecule has 0 radical (unpaired) electrons. The molecule has 1 rings (SSSR count). The summed E-state index contributed by atoms with van der Waals surface area (Å²) < 4.78 is 0. The van der Waals surface area contributed by atoms with Gasteiger partial charge in [-0.05, 0) is 30.9 Å². The summed E-state index contributed by atoms with van der Waals surface area (Å²) in [5.41, 5.74) is 0.389. The van der Waals surface area contributed by atoms with Gasteiger partial charge in [0.05, 0.1) is 5.02 Å². The van der Waals surface area contributed by atoms with Crippen LogP contribution in [0.5, 0.6) is 0 Å². The highest BCUT2D eigenvalue weighted by Crippen LogP contribution is 2.07. The van der Waals surface area contributed by atoms with E-state index in [-0.39, 0.29) is 5.91 Å². The van der Waals surface area contributed by atoms with Gasteiger partial charge >= 0.3 is 0 Å². The molecular weight excluding hydrogens is 259 g/mol. The largest absolute Gasteiger partial charge is 0.351 e. The van der Waals surface area contributed by atoms with Crippen LogP contribution in [-0.2, 0) is 0 Å². The second kappa shape index (κ2) is 7.51. The number of nitrogens with one attached hydrogen (secondary N) is 1. The highest BCUT2D eigenvalue weighted by atomic mass is 35.5. The SMILES string of the molecule is CC(CCl)CCCNC(=O)c1ccc(Cl)cn1. The van der Waals surface area contributed by atoms with Crippen molar-refractivity contribution in [2.75, 3.05) is 12.4 Å². The van der Waals surface area contributed by atoms with Crippen molar-refractivity contribution in [1.82, 2.24) is 10.3 Å². The van der Waals surface area contributed by atoms with Crippen LogP contribution in [0.3, 0.4) is 0 Å². The minimum absolute atomic E-state index is 0.166. The highest BCUT2D eigenvalue weighted by Gasteiger charge is 2.06. The molecule has 0 saturated carbocycles. The van der Waals surface area contributed by atoms with Gasteiger partial charge < -0.3 is 5.32 Å². The van der Waals surface area contributed by atoms with Gasteiger partial charge in [-0.25, -0.2) is 4.98 Å². The fourth-order valence-electron chi connectivity index (χ4n) is 1.33. The lowest BCUT2D eigenvalue weighted by Crippen LogP contribution is -2.25. The number of hydrogen-bond donors (Lipinski definition) is 1. The van der Waals surface area contributed by atoms with Gasteiger partial charge in [-0.2, -0.15) is 0 Å². The minimum Gasteiger partial charge on any atom is -0.351 e. The molecule has 0 aliphatic heterocycles. The van der Waals surface area contributed by atoms with Crippen LogP contribution in [0, 0.1) is 5.92 Å². The Morgan fingerprint density at radius 2 is 2.29 bits per heavy atom. The summed E-state index contributed by atoms with van der Waals surface area (Å²) >= 11 is 11.4. The molecule has 94 valence electrons. The second-order valence-electron chi connectivity index (χ2n) is 4.02. The number of pyridine rings is 1. The molecule has 0 aliphatic carbocycles. The molecule has 1 amide bonds. The maximum atomic E-state index is 11.6. The zero-order valence-electron chi connectivity index (χ0n) is 9.75. The van der Waals surface area contributed by atoms with E-state index >= 15 is 0 Å². The van der Waals surface area contributed by atoms with Crippen molar-refractivity contribution in [3.05, 3.63) is 29.0 Å². The Labute approximate surface area is 112 Å². The Morgan fingerprint density at radius 3 is 2.88 bits per heavy atom. The van der Waals surface area contributed by atoms with Crippen molar-refractivity contribution in [1.29, 1.82) is 0 Å². The predicted octanol–water partition coefficient (Wildman–Crippen LogP) is 3.12. The van der Waals surface area contributed by atoms with Crippen molar-refractivity contribution in [2.24, 2.45) is 5.92 Å². The van der Waals surface area contributed by atoms with Gasteiger partial charge in [0.1, 0.15) is 5.69 Å². The van der Waals surface area contributed by atoms with E-state index in [2.05, 4.69) is 17.2 Å². The lowest BCUT2D eigenvalue weighted by Gasteiger charge is -2.07. The van der Waals surface area contributed by atoms with Crippen molar-refractivity contribution < 1.29 is 4.79 Å². The van der Waals surface area contributed by atoms with Crippen LogP contribution < -0.4 is 5.32 Å². The Bertz CT molecular complexity index is 354. The molecule has 0 bridgehead atoms. The number of hydrogen-bond acceptors (Lipinski definition) is 2. The lowest BCUT2D eigenvalue weighted by molar-refractivity contribution is 0.0947. The molecule has 1 unspecified atom stereocenters. The van der Waals surface area contributed by atoms with Crippen molar-refractivity contribution >= 4 is 29.1 Å². The van der Waals surface area contributed by atoms with Gasteiger partial charge in [0.15, 0.2) is 0 Å². The van der Waals surface area contributed by atoms with Gasteiger partial charge in [0, 0.05) is 18.6 Å². The van der Waals surface area contributed by atoms with Crippen LogP contribution in [0.4, 0.5) is 0 Å². The first-order chi connectivity index (χ1) is 8.13. The fourth-order valence-corrected chi connectivity index (χ4v) is 1.60. The summed E-state index contributed by atoms with van der Waals surface area (Å²) in [5, 5.41) is 3.34. The lowest BCUT2D eigenvalue weighted by atomic mass is 10.1. The summed E-state index contributed by atoms with van der Waals surface area (Å²) in [7, 11) is 0. The van der Waals surface area contributed by atoms with Gasteiger partial charge in [0.25, 0.3) is 5.91 Å². The number of carbonyl (C=O) groups is 1. The van der Waals surface area contributed by atoms with E-state index in [4.69, 9.17) is 23.2 Å². The molecule has 1 heterocycles. The molecule has 0 aliphatic rings. The second-order valence-corrected chi connectivity index (χ2v) is 4.76. The maximum Gasteiger partial charge on any atom is 0.269 e. The third kappa shape index (κ3) is 5.37. The third-order valence-corrected chi connectivity index (χ3v) is 3.13. The van der Waals surface area contributed by atoms with Crippen LogP contribution in [0.1, 0.15) is 30.3 Å². The molecule has 5 heteroatoms. The van der Waals surface area contributed by atoms with E-state index < -0.39 is 0 Å². The number of alkyl halides is 1. The monoisotopic (exact) mass is 274 g/mol. The smallest absolute Gasteiger partial charge is 0.269 e. The van der Waals surface area contributed by atoms with E-state index in [0.717, 1.165) is 12.8 Å². The highest BCUT2D eigenvalue weighted by molar-refractivity contribution is 6.30. The molecule has 1 atom stereocenters. The quantitative estimate of drug-likeness (QED) is 0.640. The molecule has 0 saturated heterocycles. The molecule has 0 fully saturated rings. The van der Waals surface area contributed by atoms with Crippen molar-refractivity contribution in [3.8, 4) is 0 Å². The zero-order chi connectivity index (χ0) is 12.7. The number of carbonyl (C=O) groups excluding carboxylic acids is 1. The molecule has 17 heavy (non-hydrogen) atoms. The van der Waals surface area contributed by atoms with E-state index in [0.29, 0.717) is 29.1 Å². The first-order valence-electron chi connectivity index (χ1n) is 5.59. The first kappa shape index (κ1) is 14.3. The molecule has 3 nitrogen and oxygen atoms in total. The van der Waals surface area contributed by atoms with Crippen LogP contribution >= 0.6 is 23.2 Å². The van der Waals surface area contributed by atoms with Crippen LogP contribution in [0.25, 0.3) is 0 Å². The summed E-state index contributed by atoms with van der Waals surface area (Å²) in [5.74, 6) is 0.981. The van der Waals surface area contributed by atoms with E-state index in [1.165, 1.54) is 6.20 Å². The number of nitrogens with zero attached hydrogens (tertiary/aromatic N) is 1. The third-order valence-electron chi connectivity index (χ3n) is 2.38. The van der Waals surface area contributed by atoms with Crippen LogP contribution in [-0.4, -0.2) is 23.3 Å². The molecule has 0 spiro atoms. The molecule has 1 N–H and O–H groups in total. The topological polar surface area (TPSA) is 42.0 Å². The van der Waals surface area contributed by atoms with Gasteiger partial charge in [-0.1, -0.05) is 18.5 Å². The zero-order valence-corrected chi connectivity index (χ0v) is 11.3. The van der Waals surface area contributed by atoms with Crippen molar-refractivity contribution in [3.63, 3.8) is 0 Å². The molecule has 1 aromatic rings. The van der Waals surface area contributed by atoms with Gasteiger partial charge in [-0.15, -0.1) is 11.6 Å². The van der Waals surface area contributed by atoms with Crippen LogP contribution in [0.15, 0.2) is 18.3 Å². The number of aromatic nitrogens is 1. The molecule has 1 aromatic heterocycles. The number of rotatable bonds is 6. The minimum atomic E-state index is -0.166. The molecular formula is C12H16Cl2N2O. The Morgan fingerprint density at radius 1 is 1.53 bits per heavy atom. The van der Waals surface area contributed by atoms with Crippen molar-refractivity contribution in [2.45, 2.75) is 19.8 Å². The summed E-state index contributed by atoms with van der Waals surface area (Å²) in [4.78, 5) is 15.6. The summed E-state index contributed by atoms with van der Waals surface area (Å²) in [6.45, 7) is 2.74. The number of halogens is 2.